The number of rotatable bonds is 0. The van der Waals surface area contributed by atoms with E-state index in [2.05, 4.69) is 10.9 Å². The molecule has 42 valence electrons. The monoisotopic (exact) mass is 120 g/mol. The van der Waals surface area contributed by atoms with Crippen molar-refractivity contribution in [1.29, 1.82) is 0 Å². The van der Waals surface area contributed by atoms with E-state index in [-0.39, 0.29) is 15.8 Å². The normalized spacial score (nSPS) is 18.0. The average Bonchev–Trinajstić information content (AvgIpc) is 1.86. The van der Waals surface area contributed by atoms with Crippen molar-refractivity contribution < 1.29 is 4.79 Å². The van der Waals surface area contributed by atoms with Crippen molar-refractivity contribution in [3.63, 3.8) is 0 Å². The predicted molar refractivity (Wildman–Crippen MR) is 31.9 cm³/mol. The van der Waals surface area contributed by atoms with Crippen LogP contribution in [0.2, 0.25) is 0 Å². The van der Waals surface area contributed by atoms with Gasteiger partial charge in [0.25, 0.3) is 0 Å². The molecule has 1 amide bonds. The van der Waals surface area contributed by atoms with Crippen molar-refractivity contribution in [2.75, 3.05) is 6.54 Å². The first-order valence-corrected chi connectivity index (χ1v) is 1.91. The summed E-state index contributed by atoms with van der Waals surface area (Å²) in [6.07, 6.45) is 0.625. The molecule has 0 aromatic heterocycles. The van der Waals surface area contributed by atoms with E-state index in [9.17, 15) is 4.79 Å². The van der Waals surface area contributed by atoms with Crippen LogP contribution in [0.4, 0.5) is 0 Å². The molecule has 7 heavy (non-hydrogen) atoms. The summed E-state index contributed by atoms with van der Waals surface area (Å²) in [6, 6.07) is 0. The maximum Gasteiger partial charge on any atom is 0.235 e. The Labute approximate surface area is 45.4 Å². The van der Waals surface area contributed by atoms with Gasteiger partial charge in [-0.3, -0.25) is 10.2 Å². The van der Waals surface area contributed by atoms with Gasteiger partial charge in [-0.15, -0.1) is 0 Å². The highest BCUT2D eigenvalue weighted by Crippen LogP contribution is 1.79. The van der Waals surface area contributed by atoms with E-state index in [0.717, 1.165) is 6.54 Å². The van der Waals surface area contributed by atoms with Gasteiger partial charge >= 0.3 is 0 Å². The molecule has 0 saturated carbocycles. The van der Waals surface area contributed by atoms with Crippen LogP contribution < -0.4 is 10.9 Å². The maximum atomic E-state index is 10.1. The van der Waals surface area contributed by atoms with Crippen molar-refractivity contribution in [1.82, 2.24) is 10.9 Å². The Hall–Kier alpha value is -0.140. The van der Waals surface area contributed by atoms with Gasteiger partial charge in [0.05, 0.1) is 0 Å². The predicted octanol–water partition coefficient (Wildman–Crippen LogP) is -0.931. The quantitative estimate of drug-likeness (QED) is 0.405. The molecule has 1 aliphatic heterocycles. The van der Waals surface area contributed by atoms with E-state index >= 15 is 0 Å². The Morgan fingerprint density at radius 1 is 1.57 bits per heavy atom. The molecule has 1 heterocycles. The third kappa shape index (κ3) is 1.86. The van der Waals surface area contributed by atoms with Crippen molar-refractivity contribution >= 4 is 15.8 Å². The van der Waals surface area contributed by atoms with Gasteiger partial charge in [-0.25, -0.2) is 5.43 Å². The standard InChI is InChI=1S/C3H6N2O.H3P/c6-3-1-2-4-5-3;/h4H,1-2H2,(H,5,6);1H3. The minimum atomic E-state index is 0. The number of hydrogen-bond acceptors (Lipinski definition) is 2. The Bertz CT molecular complexity index is 67.3. The topological polar surface area (TPSA) is 41.1 Å². The highest BCUT2D eigenvalue weighted by molar-refractivity contribution is 6.92. The largest absolute Gasteiger partial charge is 0.292 e. The fraction of sp³-hybridized carbons (Fsp3) is 0.667. The van der Waals surface area contributed by atoms with Gasteiger partial charge in [0.2, 0.25) is 5.91 Å². The molecule has 1 saturated heterocycles. The lowest BCUT2D eigenvalue weighted by Gasteiger charge is -1.83. The first-order valence-electron chi connectivity index (χ1n) is 1.91. The van der Waals surface area contributed by atoms with Crippen LogP contribution in [0, 0.1) is 0 Å². The van der Waals surface area contributed by atoms with Crippen LogP contribution in [0.15, 0.2) is 0 Å². The minimum Gasteiger partial charge on any atom is -0.292 e. The molecule has 1 aliphatic rings. The van der Waals surface area contributed by atoms with Gasteiger partial charge < -0.3 is 0 Å². The van der Waals surface area contributed by atoms with Crippen LogP contribution in [0.3, 0.4) is 0 Å². The third-order valence-electron chi connectivity index (χ3n) is 0.705. The molecule has 0 aliphatic carbocycles. The molecule has 1 unspecified atom stereocenters. The molecule has 2 N–H and O–H groups in total. The minimum absolute atomic E-state index is 0. The lowest BCUT2D eigenvalue weighted by atomic mass is 10.5. The Kier molecular flexibility index (Phi) is 2.88. The molecule has 0 bridgehead atoms. The molecule has 0 spiro atoms. The second kappa shape index (κ2) is 2.94. The van der Waals surface area contributed by atoms with Crippen LogP contribution in [0.5, 0.6) is 0 Å². The summed E-state index contributed by atoms with van der Waals surface area (Å²) in [5.74, 6) is 0.0926. The van der Waals surface area contributed by atoms with Crippen molar-refractivity contribution in [2.45, 2.75) is 6.42 Å². The second-order valence-electron chi connectivity index (χ2n) is 1.22. The summed E-state index contributed by atoms with van der Waals surface area (Å²) >= 11 is 0. The van der Waals surface area contributed by atoms with E-state index < -0.39 is 0 Å². The van der Waals surface area contributed by atoms with Crippen molar-refractivity contribution in [3.05, 3.63) is 0 Å². The fourth-order valence-electron chi connectivity index (χ4n) is 0.400. The van der Waals surface area contributed by atoms with Crippen LogP contribution in [0.1, 0.15) is 6.42 Å². The van der Waals surface area contributed by atoms with Gasteiger partial charge in [-0.2, -0.15) is 9.90 Å². The first kappa shape index (κ1) is 6.86. The Morgan fingerprint density at radius 3 is 2.43 bits per heavy atom. The van der Waals surface area contributed by atoms with Crippen molar-refractivity contribution in [2.24, 2.45) is 0 Å². The SMILES string of the molecule is O=C1CCNN1.P. The fourth-order valence-corrected chi connectivity index (χ4v) is 0.400. The molecule has 0 aromatic carbocycles. The zero-order chi connectivity index (χ0) is 4.41. The van der Waals surface area contributed by atoms with E-state index in [1.165, 1.54) is 0 Å². The number of hydrazine groups is 1. The summed E-state index contributed by atoms with van der Waals surface area (Å²) < 4.78 is 0. The molecule has 0 radical (unpaired) electrons. The maximum absolute atomic E-state index is 10.1. The zero-order valence-electron chi connectivity index (χ0n) is 4.03. The van der Waals surface area contributed by atoms with Crippen LogP contribution in [-0.2, 0) is 4.79 Å². The summed E-state index contributed by atoms with van der Waals surface area (Å²) in [4.78, 5) is 10.1. The molecular weight excluding hydrogens is 111 g/mol. The molecule has 1 rings (SSSR count). The summed E-state index contributed by atoms with van der Waals surface area (Å²) in [6.45, 7) is 0.777. The summed E-state index contributed by atoms with van der Waals surface area (Å²) in [7, 11) is 0. The first-order chi connectivity index (χ1) is 2.89. The number of carbonyl (C=O) groups excluding carboxylic acids is 1. The van der Waals surface area contributed by atoms with E-state index in [4.69, 9.17) is 0 Å². The summed E-state index contributed by atoms with van der Waals surface area (Å²) in [5, 5.41) is 0. The van der Waals surface area contributed by atoms with Gasteiger partial charge in [-0.05, 0) is 0 Å². The van der Waals surface area contributed by atoms with E-state index in [0.29, 0.717) is 6.42 Å². The Morgan fingerprint density at radius 2 is 2.29 bits per heavy atom. The highest BCUT2D eigenvalue weighted by Gasteiger charge is 2.04. The van der Waals surface area contributed by atoms with Gasteiger partial charge in [0, 0.05) is 13.0 Å². The van der Waals surface area contributed by atoms with Gasteiger partial charge in [0.1, 0.15) is 0 Å². The van der Waals surface area contributed by atoms with E-state index in [1.807, 2.05) is 0 Å². The molecule has 1 fully saturated rings. The molecular formula is C3H9N2OP. The molecule has 3 nitrogen and oxygen atoms in total. The van der Waals surface area contributed by atoms with Crippen molar-refractivity contribution in [3.8, 4) is 0 Å². The van der Waals surface area contributed by atoms with Gasteiger partial charge in [-0.1, -0.05) is 0 Å². The van der Waals surface area contributed by atoms with E-state index in [1.54, 1.807) is 0 Å². The lowest BCUT2D eigenvalue weighted by molar-refractivity contribution is -0.119. The van der Waals surface area contributed by atoms with Crippen LogP contribution in [-0.4, -0.2) is 12.5 Å². The highest BCUT2D eigenvalue weighted by atomic mass is 31.0. The van der Waals surface area contributed by atoms with Gasteiger partial charge in [0.15, 0.2) is 0 Å². The number of nitrogens with one attached hydrogen (secondary N) is 2. The lowest BCUT2D eigenvalue weighted by Crippen LogP contribution is -2.25. The number of amides is 1. The van der Waals surface area contributed by atoms with Crippen LogP contribution >= 0.6 is 9.90 Å². The smallest absolute Gasteiger partial charge is 0.235 e. The summed E-state index contributed by atoms with van der Waals surface area (Å²) in [5.41, 5.74) is 5.10. The van der Waals surface area contributed by atoms with Crippen LogP contribution in [0.25, 0.3) is 0 Å². The number of hydrogen-bond donors (Lipinski definition) is 2. The molecule has 0 aromatic rings. The molecule has 1 atom stereocenters. The zero-order valence-corrected chi connectivity index (χ0v) is 5.44. The second-order valence-corrected chi connectivity index (χ2v) is 1.22. The number of carbonyl (C=O) groups is 1. The average molecular weight is 120 g/mol. The molecule has 4 heteroatoms. The third-order valence-corrected chi connectivity index (χ3v) is 0.705. The Balaban J connectivity index is 0.000000360.